The molecule has 0 bridgehead atoms. The van der Waals surface area contributed by atoms with Crippen molar-refractivity contribution in [3.8, 4) is 6.07 Å². The molecule has 102 valence electrons. The summed E-state index contributed by atoms with van der Waals surface area (Å²) in [5.41, 5.74) is 1.19. The van der Waals surface area contributed by atoms with Gasteiger partial charge in [0.25, 0.3) is 0 Å². The van der Waals surface area contributed by atoms with E-state index in [1.165, 1.54) is 6.07 Å². The molecule has 2 rings (SSSR count). The van der Waals surface area contributed by atoms with Crippen molar-refractivity contribution in [1.82, 2.24) is 4.72 Å². The Morgan fingerprint density at radius 3 is 2.89 bits per heavy atom. The van der Waals surface area contributed by atoms with Crippen LogP contribution < -0.4 is 4.72 Å². The number of aryl methyl sites for hydroxylation is 1. The summed E-state index contributed by atoms with van der Waals surface area (Å²) in [7, 11) is -3.46. The van der Waals surface area contributed by atoms with E-state index in [1.54, 1.807) is 19.1 Å². The van der Waals surface area contributed by atoms with Crippen LogP contribution in [0, 0.1) is 24.2 Å². The Bertz CT molecular complexity index is 600. The highest BCUT2D eigenvalue weighted by molar-refractivity contribution is 7.99. The molecule has 1 aliphatic rings. The van der Waals surface area contributed by atoms with Crippen LogP contribution in [-0.4, -0.2) is 26.5 Å². The quantitative estimate of drug-likeness (QED) is 0.921. The minimum Gasteiger partial charge on any atom is -0.211 e. The van der Waals surface area contributed by atoms with Crippen molar-refractivity contribution in [2.75, 3.05) is 18.1 Å². The minimum atomic E-state index is -3.46. The zero-order chi connectivity index (χ0) is 13.9. The van der Waals surface area contributed by atoms with Gasteiger partial charge in [-0.05, 0) is 54.5 Å². The zero-order valence-electron chi connectivity index (χ0n) is 10.7. The maximum absolute atomic E-state index is 12.1. The summed E-state index contributed by atoms with van der Waals surface area (Å²) in [6.45, 7) is 2.24. The van der Waals surface area contributed by atoms with Crippen molar-refractivity contribution in [3.05, 3.63) is 29.3 Å². The number of nitrogens with one attached hydrogen (secondary N) is 1. The van der Waals surface area contributed by atoms with Crippen molar-refractivity contribution in [3.63, 3.8) is 0 Å². The highest BCUT2D eigenvalue weighted by Crippen LogP contribution is 2.23. The van der Waals surface area contributed by atoms with E-state index in [1.807, 2.05) is 17.8 Å². The molecule has 6 heteroatoms. The van der Waals surface area contributed by atoms with Crippen molar-refractivity contribution >= 4 is 21.8 Å². The summed E-state index contributed by atoms with van der Waals surface area (Å²) >= 11 is 1.87. The molecule has 1 aliphatic heterocycles. The van der Waals surface area contributed by atoms with E-state index < -0.39 is 10.0 Å². The van der Waals surface area contributed by atoms with Gasteiger partial charge in [-0.1, -0.05) is 0 Å². The number of rotatable bonds is 4. The smallest absolute Gasteiger partial charge is 0.211 e. The molecule has 0 spiro atoms. The highest BCUT2D eigenvalue weighted by Gasteiger charge is 2.20. The van der Waals surface area contributed by atoms with Crippen LogP contribution in [0.3, 0.4) is 0 Å². The van der Waals surface area contributed by atoms with E-state index >= 15 is 0 Å². The van der Waals surface area contributed by atoms with Gasteiger partial charge in [-0.3, -0.25) is 0 Å². The molecule has 1 aromatic carbocycles. The van der Waals surface area contributed by atoms with E-state index in [-0.39, 0.29) is 4.90 Å². The number of benzene rings is 1. The zero-order valence-corrected chi connectivity index (χ0v) is 12.4. The Morgan fingerprint density at radius 1 is 1.53 bits per heavy atom. The van der Waals surface area contributed by atoms with Crippen LogP contribution in [-0.2, 0) is 10.0 Å². The van der Waals surface area contributed by atoms with Crippen LogP contribution in [0.5, 0.6) is 0 Å². The van der Waals surface area contributed by atoms with E-state index in [4.69, 9.17) is 5.26 Å². The van der Waals surface area contributed by atoms with Crippen LogP contribution in [0.15, 0.2) is 23.1 Å². The Morgan fingerprint density at radius 2 is 2.32 bits per heavy atom. The molecule has 1 aromatic rings. The molecule has 1 fully saturated rings. The number of thioether (sulfide) groups is 1. The fourth-order valence-electron chi connectivity index (χ4n) is 1.98. The largest absolute Gasteiger partial charge is 0.240 e. The number of hydrogen-bond acceptors (Lipinski definition) is 4. The Balaban J connectivity index is 2.10. The summed E-state index contributed by atoms with van der Waals surface area (Å²) < 4.78 is 26.9. The molecule has 19 heavy (non-hydrogen) atoms. The van der Waals surface area contributed by atoms with E-state index in [9.17, 15) is 8.42 Å². The van der Waals surface area contributed by atoms with Crippen molar-refractivity contribution < 1.29 is 8.42 Å². The predicted octanol–water partition coefficient (Wildman–Crippen LogP) is 1.90. The van der Waals surface area contributed by atoms with Crippen molar-refractivity contribution in [2.45, 2.75) is 18.2 Å². The molecule has 4 nitrogen and oxygen atoms in total. The topological polar surface area (TPSA) is 70.0 Å². The first kappa shape index (κ1) is 14.4. The van der Waals surface area contributed by atoms with E-state index in [2.05, 4.69) is 4.72 Å². The normalized spacial score (nSPS) is 19.3. The average Bonchev–Trinajstić information content (AvgIpc) is 2.89. The van der Waals surface area contributed by atoms with Gasteiger partial charge in [0, 0.05) is 6.54 Å². The average molecular weight is 296 g/mol. The Kier molecular flexibility index (Phi) is 4.50. The molecule has 0 aliphatic carbocycles. The van der Waals surface area contributed by atoms with E-state index in [0.29, 0.717) is 23.6 Å². The fourth-order valence-corrected chi connectivity index (χ4v) is 4.47. The first-order chi connectivity index (χ1) is 9.03. The molecule has 0 radical (unpaired) electrons. The first-order valence-electron chi connectivity index (χ1n) is 6.11. The Labute approximate surface area is 118 Å². The highest BCUT2D eigenvalue weighted by atomic mass is 32.2. The number of hydrogen-bond donors (Lipinski definition) is 1. The maximum Gasteiger partial charge on any atom is 0.240 e. The third-order valence-corrected chi connectivity index (χ3v) is 5.87. The van der Waals surface area contributed by atoms with Gasteiger partial charge in [-0.2, -0.15) is 17.0 Å². The molecule has 1 unspecified atom stereocenters. The third-order valence-electron chi connectivity index (χ3n) is 3.21. The van der Waals surface area contributed by atoms with Crippen LogP contribution in [0.4, 0.5) is 0 Å². The molecule has 1 atom stereocenters. The fraction of sp³-hybridized carbons (Fsp3) is 0.462. The first-order valence-corrected chi connectivity index (χ1v) is 8.75. The minimum absolute atomic E-state index is 0.231. The SMILES string of the molecule is Cc1cc(S(=O)(=O)NCC2CCSC2)ccc1C#N. The molecule has 0 amide bonds. The predicted molar refractivity (Wildman–Crippen MR) is 76.5 cm³/mol. The lowest BCUT2D eigenvalue weighted by atomic mass is 10.1. The molecular formula is C13H16N2O2S2. The summed E-state index contributed by atoms with van der Waals surface area (Å²) in [4.78, 5) is 0.231. The van der Waals surface area contributed by atoms with Crippen LogP contribution in [0.1, 0.15) is 17.5 Å². The lowest BCUT2D eigenvalue weighted by Gasteiger charge is -2.11. The van der Waals surface area contributed by atoms with Crippen LogP contribution in [0.2, 0.25) is 0 Å². The molecular weight excluding hydrogens is 280 g/mol. The van der Waals surface area contributed by atoms with Crippen molar-refractivity contribution in [1.29, 1.82) is 5.26 Å². The second-order valence-corrected chi connectivity index (χ2v) is 7.59. The lowest BCUT2D eigenvalue weighted by Crippen LogP contribution is -2.29. The summed E-state index contributed by atoms with van der Waals surface area (Å²) in [6.07, 6.45) is 1.07. The second-order valence-electron chi connectivity index (χ2n) is 4.67. The monoisotopic (exact) mass is 296 g/mol. The molecule has 0 saturated carbocycles. The molecule has 0 aromatic heterocycles. The van der Waals surface area contributed by atoms with Gasteiger partial charge in [-0.25, -0.2) is 13.1 Å². The maximum atomic E-state index is 12.1. The molecule has 1 N–H and O–H groups in total. The van der Waals surface area contributed by atoms with Crippen LogP contribution in [0.25, 0.3) is 0 Å². The van der Waals surface area contributed by atoms with Gasteiger partial charge in [0.05, 0.1) is 16.5 Å². The van der Waals surface area contributed by atoms with Gasteiger partial charge in [0.1, 0.15) is 0 Å². The van der Waals surface area contributed by atoms with Gasteiger partial charge >= 0.3 is 0 Å². The summed E-state index contributed by atoms with van der Waals surface area (Å²) in [5, 5.41) is 8.84. The van der Waals surface area contributed by atoms with Gasteiger partial charge in [0.15, 0.2) is 0 Å². The van der Waals surface area contributed by atoms with Crippen LogP contribution >= 0.6 is 11.8 Å². The molecule has 1 saturated heterocycles. The number of sulfonamides is 1. The number of nitriles is 1. The standard InChI is InChI=1S/C13H16N2O2S2/c1-10-6-13(3-2-12(10)7-14)19(16,17)15-8-11-4-5-18-9-11/h2-3,6,11,15H,4-5,8-9H2,1H3. The lowest BCUT2D eigenvalue weighted by molar-refractivity contribution is 0.546. The van der Waals surface area contributed by atoms with Gasteiger partial charge in [-0.15, -0.1) is 0 Å². The summed E-state index contributed by atoms with van der Waals surface area (Å²) in [6, 6.07) is 6.61. The van der Waals surface area contributed by atoms with E-state index in [0.717, 1.165) is 17.9 Å². The summed E-state index contributed by atoms with van der Waals surface area (Å²) in [5.74, 6) is 2.57. The Hall–Kier alpha value is -1.03. The third kappa shape index (κ3) is 3.50. The molecule has 1 heterocycles. The van der Waals surface area contributed by atoms with Crippen molar-refractivity contribution in [2.24, 2.45) is 5.92 Å². The second kappa shape index (κ2) is 5.95. The number of nitrogens with zero attached hydrogens (tertiary/aromatic N) is 1. The van der Waals surface area contributed by atoms with Gasteiger partial charge in [0.2, 0.25) is 10.0 Å². The van der Waals surface area contributed by atoms with Gasteiger partial charge < -0.3 is 0 Å².